The van der Waals surface area contributed by atoms with E-state index in [1.807, 2.05) is 6.07 Å². The van der Waals surface area contributed by atoms with Crippen molar-refractivity contribution in [3.8, 4) is 11.5 Å². The molecular weight excluding hydrogens is 442 g/mol. The van der Waals surface area contributed by atoms with Crippen LogP contribution in [-0.4, -0.2) is 28.3 Å². The smallest absolute Gasteiger partial charge is 0.130 e. The highest BCUT2D eigenvalue weighted by atomic mass is 16.5. The molecule has 0 aromatic heterocycles. The van der Waals surface area contributed by atoms with Gasteiger partial charge in [0.05, 0.1) is 14.2 Å². The number of benzene rings is 4. The van der Waals surface area contributed by atoms with E-state index in [4.69, 9.17) is 9.47 Å². The van der Waals surface area contributed by atoms with E-state index in [0.29, 0.717) is 5.92 Å². The number of hydrogen-bond donors (Lipinski definition) is 0. The maximum atomic E-state index is 5.85. The van der Waals surface area contributed by atoms with Crippen molar-refractivity contribution in [3.63, 3.8) is 0 Å². The van der Waals surface area contributed by atoms with E-state index in [1.54, 1.807) is 14.2 Å². The maximum Gasteiger partial charge on any atom is 0.130 e. The highest BCUT2D eigenvalue weighted by Gasteiger charge is 2.36. The zero-order chi connectivity index (χ0) is 25.4. The van der Waals surface area contributed by atoms with Crippen LogP contribution in [0.1, 0.15) is 47.6 Å². The Balaban J connectivity index is 1.81. The van der Waals surface area contributed by atoms with Crippen molar-refractivity contribution in [2.24, 2.45) is 0 Å². The second kappa shape index (κ2) is 9.39. The number of anilines is 1. The monoisotopic (exact) mass is 477 g/mol. The summed E-state index contributed by atoms with van der Waals surface area (Å²) in [4.78, 5) is 2.14. The first-order valence-corrected chi connectivity index (χ1v) is 12.6. The van der Waals surface area contributed by atoms with Crippen molar-refractivity contribution in [2.75, 3.05) is 33.2 Å². The summed E-state index contributed by atoms with van der Waals surface area (Å²) in [5.41, 5.74) is 7.52. The van der Waals surface area contributed by atoms with E-state index in [-0.39, 0.29) is 5.41 Å². The van der Waals surface area contributed by atoms with E-state index < -0.39 is 0 Å². The van der Waals surface area contributed by atoms with Crippen molar-refractivity contribution in [2.45, 2.75) is 31.6 Å². The summed E-state index contributed by atoms with van der Waals surface area (Å²) in [6, 6.07) is 26.4. The molecule has 184 valence electrons. The second-order valence-corrected chi connectivity index (χ2v) is 10.2. The molecule has 4 aromatic rings. The predicted octanol–water partition coefficient (Wildman–Crippen LogP) is 7.60. The lowest BCUT2D eigenvalue weighted by atomic mass is 9.66. The molecule has 36 heavy (non-hydrogen) atoms. The molecule has 0 aliphatic heterocycles. The van der Waals surface area contributed by atoms with Gasteiger partial charge in [-0.25, -0.2) is 0 Å². The fourth-order valence-corrected chi connectivity index (χ4v) is 5.62. The van der Waals surface area contributed by atoms with Crippen molar-refractivity contribution >= 4 is 22.5 Å². The Labute approximate surface area is 215 Å². The van der Waals surface area contributed by atoms with Gasteiger partial charge in [0.15, 0.2) is 0 Å². The summed E-state index contributed by atoms with van der Waals surface area (Å²) in [7, 11) is 7.62. The minimum atomic E-state index is -0.280. The van der Waals surface area contributed by atoms with Gasteiger partial charge < -0.3 is 14.4 Å². The van der Waals surface area contributed by atoms with Crippen LogP contribution in [0.5, 0.6) is 11.5 Å². The van der Waals surface area contributed by atoms with Gasteiger partial charge in [0.1, 0.15) is 11.5 Å². The quantitative estimate of drug-likeness (QED) is 0.285. The Morgan fingerprint density at radius 2 is 1.50 bits per heavy atom. The van der Waals surface area contributed by atoms with Crippen LogP contribution in [0, 0.1) is 0 Å². The zero-order valence-electron chi connectivity index (χ0n) is 22.1. The summed E-state index contributed by atoms with van der Waals surface area (Å²) in [5, 5.41) is 2.33. The maximum absolute atomic E-state index is 5.85. The van der Waals surface area contributed by atoms with E-state index >= 15 is 0 Å². The molecule has 5 rings (SSSR count). The third-order valence-electron chi connectivity index (χ3n) is 7.63. The summed E-state index contributed by atoms with van der Waals surface area (Å²) in [5.74, 6) is 2.06. The van der Waals surface area contributed by atoms with Crippen LogP contribution in [0.25, 0.3) is 16.8 Å². The largest absolute Gasteiger partial charge is 0.497 e. The molecule has 0 saturated carbocycles. The first-order chi connectivity index (χ1) is 17.4. The third kappa shape index (κ3) is 3.93. The fraction of sp³-hybridized carbons (Fsp3) is 0.273. The lowest BCUT2D eigenvalue weighted by Crippen LogP contribution is -2.31. The first-order valence-electron chi connectivity index (χ1n) is 12.6. The standard InChI is InChI=1S/C33H35NO2/c1-22(2)28-20-30-29(18-26(35-5)19-32(30)36-6)31-21-33(17-16-27(28)31,23-10-8-7-9-11-23)24-12-14-25(15-13-24)34(3)4/h7-20,22H,21H2,1-6H3. The summed E-state index contributed by atoms with van der Waals surface area (Å²) >= 11 is 0. The minimum Gasteiger partial charge on any atom is -0.497 e. The Kier molecular flexibility index (Phi) is 6.26. The predicted molar refractivity (Wildman–Crippen MR) is 152 cm³/mol. The molecule has 3 heteroatoms. The lowest BCUT2D eigenvalue weighted by Gasteiger charge is -2.37. The van der Waals surface area contributed by atoms with Gasteiger partial charge in [-0.15, -0.1) is 0 Å². The van der Waals surface area contributed by atoms with Crippen molar-refractivity contribution in [3.05, 3.63) is 107 Å². The van der Waals surface area contributed by atoms with Gasteiger partial charge in [-0.1, -0.05) is 68.5 Å². The molecule has 0 radical (unpaired) electrons. The number of ether oxygens (including phenoxy) is 2. The molecule has 0 spiro atoms. The van der Waals surface area contributed by atoms with E-state index in [9.17, 15) is 0 Å². The van der Waals surface area contributed by atoms with E-state index in [2.05, 4.69) is 112 Å². The Bertz CT molecular complexity index is 1420. The fourth-order valence-electron chi connectivity index (χ4n) is 5.62. The van der Waals surface area contributed by atoms with Crippen LogP contribution in [-0.2, 0) is 11.8 Å². The summed E-state index contributed by atoms with van der Waals surface area (Å²) in [6.07, 6.45) is 5.63. The highest BCUT2D eigenvalue weighted by Crippen LogP contribution is 2.47. The molecule has 0 N–H and O–H groups in total. The van der Waals surface area contributed by atoms with Gasteiger partial charge in [-0.3, -0.25) is 0 Å². The van der Waals surface area contributed by atoms with Gasteiger partial charge >= 0.3 is 0 Å². The van der Waals surface area contributed by atoms with Crippen LogP contribution in [0.2, 0.25) is 0 Å². The number of methoxy groups -OCH3 is 2. The Morgan fingerprint density at radius 3 is 2.11 bits per heavy atom. The molecule has 0 heterocycles. The van der Waals surface area contributed by atoms with Crippen LogP contribution in [0.3, 0.4) is 0 Å². The molecule has 1 aliphatic carbocycles. The van der Waals surface area contributed by atoms with Crippen LogP contribution < -0.4 is 14.4 Å². The average Bonchev–Trinajstić information content (AvgIpc) is 2.92. The number of rotatable bonds is 6. The number of nitrogens with zero attached hydrogens (tertiary/aromatic N) is 1. The Hall–Kier alpha value is -3.72. The van der Waals surface area contributed by atoms with Gasteiger partial charge in [0, 0.05) is 36.7 Å². The van der Waals surface area contributed by atoms with Crippen LogP contribution in [0.15, 0.2) is 78.9 Å². The Morgan fingerprint density at radius 1 is 0.806 bits per heavy atom. The zero-order valence-corrected chi connectivity index (χ0v) is 22.1. The van der Waals surface area contributed by atoms with Gasteiger partial charge in [-0.05, 0) is 69.8 Å². The number of hydrogen-bond acceptors (Lipinski definition) is 3. The van der Waals surface area contributed by atoms with Crippen LogP contribution in [0.4, 0.5) is 5.69 Å². The van der Waals surface area contributed by atoms with E-state index in [1.165, 1.54) is 38.9 Å². The normalized spacial score (nSPS) is 16.8. The highest BCUT2D eigenvalue weighted by molar-refractivity contribution is 5.96. The minimum absolute atomic E-state index is 0.280. The summed E-state index contributed by atoms with van der Waals surface area (Å²) in [6.45, 7) is 4.54. The molecule has 1 unspecified atom stereocenters. The molecule has 0 saturated heterocycles. The van der Waals surface area contributed by atoms with Crippen molar-refractivity contribution in [1.29, 1.82) is 0 Å². The van der Waals surface area contributed by atoms with Crippen molar-refractivity contribution < 1.29 is 9.47 Å². The molecule has 0 bridgehead atoms. The SMILES string of the molecule is COc1cc(OC)c2cc(C(C)C)c3c(c2c1)CC(c1ccccc1)(c1ccc(N(C)C)cc1)C=C3. The molecular formula is C33H35NO2. The molecule has 1 aliphatic rings. The average molecular weight is 478 g/mol. The molecule has 3 nitrogen and oxygen atoms in total. The molecule has 0 amide bonds. The molecule has 0 fully saturated rings. The number of allylic oxidation sites excluding steroid dienone is 1. The van der Waals surface area contributed by atoms with Gasteiger partial charge in [0.25, 0.3) is 0 Å². The first kappa shape index (κ1) is 24.0. The van der Waals surface area contributed by atoms with Gasteiger partial charge in [0.2, 0.25) is 0 Å². The van der Waals surface area contributed by atoms with Crippen LogP contribution >= 0.6 is 0 Å². The topological polar surface area (TPSA) is 21.7 Å². The second-order valence-electron chi connectivity index (χ2n) is 10.2. The third-order valence-corrected chi connectivity index (χ3v) is 7.63. The molecule has 1 atom stereocenters. The van der Waals surface area contributed by atoms with Crippen molar-refractivity contribution in [1.82, 2.24) is 0 Å². The summed E-state index contributed by atoms with van der Waals surface area (Å²) < 4.78 is 11.5. The van der Waals surface area contributed by atoms with E-state index in [0.717, 1.165) is 23.3 Å². The lowest BCUT2D eigenvalue weighted by molar-refractivity contribution is 0.398. The molecule has 4 aromatic carbocycles. The van der Waals surface area contributed by atoms with Gasteiger partial charge in [-0.2, -0.15) is 0 Å². The number of fused-ring (bicyclic) bond motifs is 3.